The number of nitrogens with one attached hydrogen (secondary N) is 1. The highest BCUT2D eigenvalue weighted by molar-refractivity contribution is 7.15. The normalized spacial score (nSPS) is 10.7. The Bertz CT molecular complexity index is 484. The van der Waals surface area contributed by atoms with Gasteiger partial charge in [-0.25, -0.2) is 0 Å². The smallest absolute Gasteiger partial charge is 0.0556 e. The van der Waals surface area contributed by atoms with E-state index >= 15 is 0 Å². The van der Waals surface area contributed by atoms with Crippen LogP contribution in [0, 0.1) is 0 Å². The molecule has 0 unspecified atom stereocenters. The first-order valence-corrected chi connectivity index (χ1v) is 6.65. The summed E-state index contributed by atoms with van der Waals surface area (Å²) in [6.07, 6.45) is 0. The number of hydrogen-bond donors (Lipinski definition) is 2. The van der Waals surface area contributed by atoms with Crippen molar-refractivity contribution < 1.29 is 5.11 Å². The molecule has 0 amide bonds. The van der Waals surface area contributed by atoms with Gasteiger partial charge in [0.2, 0.25) is 0 Å². The molecule has 0 atom stereocenters. The number of aliphatic hydroxyl groups is 1. The molecule has 4 heteroatoms. The lowest BCUT2D eigenvalue weighted by Crippen LogP contribution is -2.16. The van der Waals surface area contributed by atoms with Crippen molar-refractivity contribution in [1.29, 1.82) is 0 Å². The molecule has 1 aromatic heterocycles. The molecule has 2 rings (SSSR count). The molecule has 1 aromatic carbocycles. The molecule has 0 aliphatic heterocycles. The third-order valence-electron chi connectivity index (χ3n) is 2.36. The van der Waals surface area contributed by atoms with E-state index < -0.39 is 0 Å². The van der Waals surface area contributed by atoms with Gasteiger partial charge in [-0.05, 0) is 29.8 Å². The maximum atomic E-state index is 8.68. The highest BCUT2D eigenvalue weighted by Gasteiger charge is 2.03. The molecule has 2 N–H and O–H groups in total. The van der Waals surface area contributed by atoms with Crippen LogP contribution in [0.5, 0.6) is 0 Å². The van der Waals surface area contributed by atoms with Gasteiger partial charge in [0.05, 0.1) is 6.61 Å². The Morgan fingerprint density at radius 3 is 2.88 bits per heavy atom. The van der Waals surface area contributed by atoms with Crippen LogP contribution in [-0.4, -0.2) is 18.3 Å². The van der Waals surface area contributed by atoms with Crippen LogP contribution in [0.25, 0.3) is 10.4 Å². The molecule has 0 aliphatic rings. The van der Waals surface area contributed by atoms with Crippen molar-refractivity contribution in [1.82, 2.24) is 5.32 Å². The second-order valence-electron chi connectivity index (χ2n) is 3.68. The van der Waals surface area contributed by atoms with Crippen LogP contribution in [0.15, 0.2) is 36.4 Å². The third kappa shape index (κ3) is 3.54. The molecule has 0 spiro atoms. The Balaban J connectivity index is 2.07. The van der Waals surface area contributed by atoms with Gasteiger partial charge in [-0.1, -0.05) is 23.7 Å². The second-order valence-corrected chi connectivity index (χ2v) is 5.28. The van der Waals surface area contributed by atoms with Crippen LogP contribution in [0.3, 0.4) is 0 Å². The number of aliphatic hydroxyl groups excluding tert-OH is 1. The summed E-state index contributed by atoms with van der Waals surface area (Å²) in [5, 5.41) is 12.6. The number of benzene rings is 1. The van der Waals surface area contributed by atoms with Crippen LogP contribution in [0.4, 0.5) is 0 Å². The van der Waals surface area contributed by atoms with Crippen molar-refractivity contribution in [2.24, 2.45) is 0 Å². The Morgan fingerprint density at radius 1 is 1.24 bits per heavy atom. The molecule has 2 aromatic rings. The molecule has 0 bridgehead atoms. The summed E-state index contributed by atoms with van der Waals surface area (Å²) in [6.45, 7) is 1.60. The van der Waals surface area contributed by atoms with Crippen molar-refractivity contribution >= 4 is 22.9 Å². The Morgan fingerprint density at radius 2 is 2.12 bits per heavy atom. The zero-order valence-electron chi connectivity index (χ0n) is 9.32. The molecular formula is C13H14ClNOS. The van der Waals surface area contributed by atoms with E-state index in [9.17, 15) is 0 Å². The van der Waals surface area contributed by atoms with Crippen molar-refractivity contribution in [2.75, 3.05) is 13.2 Å². The van der Waals surface area contributed by atoms with Crippen LogP contribution in [-0.2, 0) is 6.54 Å². The largest absolute Gasteiger partial charge is 0.395 e. The Hall–Kier alpha value is -0.870. The minimum Gasteiger partial charge on any atom is -0.395 e. The first-order valence-electron chi connectivity index (χ1n) is 5.46. The molecule has 2 nitrogen and oxygen atoms in total. The topological polar surface area (TPSA) is 32.3 Å². The standard InChI is InChI=1S/C13H14ClNOS/c14-11-3-1-2-10(8-11)13-5-4-12(17-13)9-15-6-7-16/h1-5,8,15-16H,6-7,9H2. The summed E-state index contributed by atoms with van der Waals surface area (Å²) < 4.78 is 0. The molecule has 1 heterocycles. The van der Waals surface area contributed by atoms with E-state index in [2.05, 4.69) is 23.5 Å². The molecule has 0 radical (unpaired) electrons. The van der Waals surface area contributed by atoms with Crippen molar-refractivity contribution in [3.63, 3.8) is 0 Å². The molecule has 0 aliphatic carbocycles. The molecule has 0 fully saturated rings. The molecule has 0 saturated heterocycles. The maximum Gasteiger partial charge on any atom is 0.0556 e. The molecular weight excluding hydrogens is 254 g/mol. The summed E-state index contributed by atoms with van der Waals surface area (Å²) >= 11 is 7.71. The monoisotopic (exact) mass is 267 g/mol. The SMILES string of the molecule is OCCNCc1ccc(-c2cccc(Cl)c2)s1. The second kappa shape index (κ2) is 6.17. The van der Waals surface area contributed by atoms with Crippen LogP contribution in [0.2, 0.25) is 5.02 Å². The van der Waals surface area contributed by atoms with E-state index in [1.807, 2.05) is 18.2 Å². The molecule has 0 saturated carbocycles. The fraction of sp³-hybridized carbons (Fsp3) is 0.231. The van der Waals surface area contributed by atoms with Crippen LogP contribution < -0.4 is 5.32 Å². The van der Waals surface area contributed by atoms with Crippen molar-refractivity contribution in [3.8, 4) is 10.4 Å². The van der Waals surface area contributed by atoms with E-state index in [1.165, 1.54) is 9.75 Å². The molecule has 17 heavy (non-hydrogen) atoms. The van der Waals surface area contributed by atoms with Gasteiger partial charge in [-0.2, -0.15) is 0 Å². The van der Waals surface area contributed by atoms with Gasteiger partial charge in [0.1, 0.15) is 0 Å². The van der Waals surface area contributed by atoms with Gasteiger partial charge in [0.25, 0.3) is 0 Å². The average molecular weight is 268 g/mol. The summed E-state index contributed by atoms with van der Waals surface area (Å²) in [5.74, 6) is 0. The summed E-state index contributed by atoms with van der Waals surface area (Å²) in [7, 11) is 0. The highest BCUT2D eigenvalue weighted by atomic mass is 35.5. The van der Waals surface area contributed by atoms with Crippen LogP contribution in [0.1, 0.15) is 4.88 Å². The molecule has 90 valence electrons. The van der Waals surface area contributed by atoms with Gasteiger partial charge >= 0.3 is 0 Å². The maximum absolute atomic E-state index is 8.68. The Labute approximate surface area is 110 Å². The van der Waals surface area contributed by atoms with Crippen molar-refractivity contribution in [2.45, 2.75) is 6.54 Å². The summed E-state index contributed by atoms with van der Waals surface area (Å²) in [5.41, 5.74) is 1.15. The highest BCUT2D eigenvalue weighted by Crippen LogP contribution is 2.29. The van der Waals surface area contributed by atoms with E-state index in [1.54, 1.807) is 11.3 Å². The lowest BCUT2D eigenvalue weighted by Gasteiger charge is -1.99. The fourth-order valence-electron chi connectivity index (χ4n) is 1.56. The minimum atomic E-state index is 0.173. The number of thiophene rings is 1. The fourth-order valence-corrected chi connectivity index (χ4v) is 2.72. The van der Waals surface area contributed by atoms with E-state index in [4.69, 9.17) is 16.7 Å². The number of hydrogen-bond acceptors (Lipinski definition) is 3. The zero-order chi connectivity index (χ0) is 12.1. The van der Waals surface area contributed by atoms with Crippen molar-refractivity contribution in [3.05, 3.63) is 46.3 Å². The predicted octanol–water partition coefficient (Wildman–Crippen LogP) is 3.15. The van der Waals surface area contributed by atoms with E-state index in [0.29, 0.717) is 6.54 Å². The average Bonchev–Trinajstić information content (AvgIpc) is 2.78. The van der Waals surface area contributed by atoms with Gasteiger partial charge < -0.3 is 10.4 Å². The van der Waals surface area contributed by atoms with Gasteiger partial charge in [0.15, 0.2) is 0 Å². The zero-order valence-corrected chi connectivity index (χ0v) is 10.9. The van der Waals surface area contributed by atoms with Gasteiger partial charge in [-0.3, -0.25) is 0 Å². The van der Waals surface area contributed by atoms with E-state index in [-0.39, 0.29) is 6.61 Å². The Kier molecular flexibility index (Phi) is 4.57. The summed E-state index contributed by atoms with van der Waals surface area (Å²) in [4.78, 5) is 2.47. The first kappa shape index (κ1) is 12.6. The number of rotatable bonds is 5. The first-order chi connectivity index (χ1) is 8.29. The quantitative estimate of drug-likeness (QED) is 0.816. The van der Waals surface area contributed by atoms with Gasteiger partial charge in [0, 0.05) is 27.9 Å². The third-order valence-corrected chi connectivity index (χ3v) is 3.73. The number of halogens is 1. The van der Waals surface area contributed by atoms with E-state index in [0.717, 1.165) is 17.1 Å². The predicted molar refractivity (Wildman–Crippen MR) is 73.6 cm³/mol. The summed E-state index contributed by atoms with van der Waals surface area (Å²) in [6, 6.07) is 12.1. The van der Waals surface area contributed by atoms with Crippen LogP contribution >= 0.6 is 22.9 Å². The lowest BCUT2D eigenvalue weighted by molar-refractivity contribution is 0.292. The van der Waals surface area contributed by atoms with Gasteiger partial charge in [-0.15, -0.1) is 11.3 Å². The lowest BCUT2D eigenvalue weighted by atomic mass is 10.2. The minimum absolute atomic E-state index is 0.173.